The van der Waals surface area contributed by atoms with Crippen molar-refractivity contribution in [2.75, 3.05) is 11.4 Å². The molecule has 0 saturated carbocycles. The van der Waals surface area contributed by atoms with Gasteiger partial charge in [0, 0.05) is 0 Å². The van der Waals surface area contributed by atoms with E-state index in [1.807, 2.05) is 44.2 Å². The molecule has 0 saturated heterocycles. The van der Waals surface area contributed by atoms with E-state index < -0.39 is 28.0 Å². The lowest BCUT2D eigenvalue weighted by Gasteiger charge is -2.29. The average Bonchev–Trinajstić information content (AvgIpc) is 3.10. The monoisotopic (exact) mass is 421 g/mol. The summed E-state index contributed by atoms with van der Waals surface area (Å²) in [6.07, 6.45) is 0. The van der Waals surface area contributed by atoms with Gasteiger partial charge in [-0.1, -0.05) is 65.7 Å². The molecular formula is C24H23NO4S. The van der Waals surface area contributed by atoms with Gasteiger partial charge in [-0.05, 0) is 43.2 Å². The first kappa shape index (κ1) is 20.2. The lowest BCUT2D eigenvalue weighted by molar-refractivity contribution is -0.142. The van der Waals surface area contributed by atoms with Crippen LogP contribution in [0.1, 0.15) is 34.2 Å². The van der Waals surface area contributed by atoms with Gasteiger partial charge in [-0.15, -0.1) is 0 Å². The number of nitrogens with zero attached hydrogens (tertiary/aromatic N) is 1. The van der Waals surface area contributed by atoms with E-state index in [0.717, 1.165) is 16.7 Å². The average molecular weight is 422 g/mol. The number of esters is 1. The number of fused-ring (bicyclic) bond motifs is 1. The van der Waals surface area contributed by atoms with Crippen molar-refractivity contribution in [3.8, 4) is 0 Å². The molecule has 0 bridgehead atoms. The third kappa shape index (κ3) is 3.27. The van der Waals surface area contributed by atoms with Gasteiger partial charge in [0.25, 0.3) is 10.0 Å². The van der Waals surface area contributed by atoms with Crippen LogP contribution in [-0.4, -0.2) is 21.5 Å². The number of ether oxygens (including phenoxy) is 1. The summed E-state index contributed by atoms with van der Waals surface area (Å²) in [6.45, 7) is 3.87. The molecule has 30 heavy (non-hydrogen) atoms. The first-order valence-corrected chi connectivity index (χ1v) is 11.1. The summed E-state index contributed by atoms with van der Waals surface area (Å²) in [7, 11) is -2.60. The summed E-state index contributed by atoms with van der Waals surface area (Å²) in [4.78, 5) is 13.0. The summed E-state index contributed by atoms with van der Waals surface area (Å²) in [5, 5.41) is 0. The molecule has 154 valence electrons. The Labute approximate surface area is 177 Å². The first-order valence-electron chi connectivity index (χ1n) is 9.69. The fourth-order valence-electron chi connectivity index (χ4n) is 3.98. The van der Waals surface area contributed by atoms with E-state index in [9.17, 15) is 13.2 Å². The zero-order valence-electron chi connectivity index (χ0n) is 17.1. The quantitative estimate of drug-likeness (QED) is 0.582. The Bertz CT molecular complexity index is 1180. The number of para-hydroxylation sites is 1. The van der Waals surface area contributed by atoms with Crippen LogP contribution in [0, 0.1) is 13.8 Å². The molecule has 0 fully saturated rings. The second-order valence-corrected chi connectivity index (χ2v) is 9.34. The van der Waals surface area contributed by atoms with Crippen molar-refractivity contribution >= 4 is 21.7 Å². The Hall–Kier alpha value is -3.12. The Kier molecular flexibility index (Phi) is 5.12. The predicted octanol–water partition coefficient (Wildman–Crippen LogP) is 4.51. The summed E-state index contributed by atoms with van der Waals surface area (Å²) in [6, 6.07) is 20.7. The molecule has 2 atom stereocenters. The number of aryl methyl sites for hydroxylation is 2. The zero-order valence-corrected chi connectivity index (χ0v) is 17.9. The van der Waals surface area contributed by atoms with Crippen molar-refractivity contribution in [1.29, 1.82) is 0 Å². The number of anilines is 1. The number of hydrogen-bond acceptors (Lipinski definition) is 4. The summed E-state index contributed by atoms with van der Waals surface area (Å²) < 4.78 is 34.0. The van der Waals surface area contributed by atoms with Crippen LogP contribution in [0.4, 0.5) is 5.69 Å². The first-order chi connectivity index (χ1) is 14.3. The molecule has 0 aromatic heterocycles. The minimum Gasteiger partial charge on any atom is -0.468 e. The third-order valence-corrected chi connectivity index (χ3v) is 7.34. The van der Waals surface area contributed by atoms with Crippen molar-refractivity contribution in [1.82, 2.24) is 0 Å². The number of carbonyl (C=O) groups is 1. The summed E-state index contributed by atoms with van der Waals surface area (Å²) in [5.41, 5.74) is 3.91. The highest BCUT2D eigenvalue weighted by molar-refractivity contribution is 7.92. The number of rotatable bonds is 4. The van der Waals surface area contributed by atoms with Crippen LogP contribution in [-0.2, 0) is 19.6 Å². The molecule has 6 heteroatoms. The van der Waals surface area contributed by atoms with Gasteiger partial charge in [0.15, 0.2) is 0 Å². The van der Waals surface area contributed by atoms with Gasteiger partial charge in [-0.2, -0.15) is 0 Å². The van der Waals surface area contributed by atoms with Crippen LogP contribution in [0.5, 0.6) is 0 Å². The van der Waals surface area contributed by atoms with E-state index in [4.69, 9.17) is 4.74 Å². The van der Waals surface area contributed by atoms with Crippen LogP contribution in [0.3, 0.4) is 0 Å². The van der Waals surface area contributed by atoms with Gasteiger partial charge in [0.2, 0.25) is 0 Å². The van der Waals surface area contributed by atoms with Crippen LogP contribution in [0.15, 0.2) is 77.7 Å². The van der Waals surface area contributed by atoms with E-state index in [-0.39, 0.29) is 4.90 Å². The Morgan fingerprint density at radius 1 is 0.867 bits per heavy atom. The van der Waals surface area contributed by atoms with Crippen LogP contribution in [0.2, 0.25) is 0 Å². The summed E-state index contributed by atoms with van der Waals surface area (Å²) >= 11 is 0. The molecule has 3 aromatic carbocycles. The van der Waals surface area contributed by atoms with Gasteiger partial charge in [0.05, 0.1) is 23.7 Å². The molecule has 0 radical (unpaired) electrons. The molecule has 0 unspecified atom stereocenters. The molecule has 0 N–H and O–H groups in total. The molecule has 3 aromatic rings. The van der Waals surface area contributed by atoms with E-state index >= 15 is 0 Å². The maximum Gasteiger partial charge on any atom is 0.315 e. The van der Waals surface area contributed by atoms with Crippen LogP contribution in [0.25, 0.3) is 0 Å². The number of methoxy groups -OCH3 is 1. The topological polar surface area (TPSA) is 63.7 Å². The SMILES string of the molecule is COC(=O)[C@H]1c2ccccc2N(S(=O)(=O)c2ccc(C)cc2)[C@@H]1c1ccc(C)cc1. The molecule has 1 aliphatic heterocycles. The van der Waals surface area contributed by atoms with Crippen molar-refractivity contribution in [2.24, 2.45) is 0 Å². The fourth-order valence-corrected chi connectivity index (χ4v) is 5.66. The van der Waals surface area contributed by atoms with Crippen molar-refractivity contribution < 1.29 is 17.9 Å². The molecule has 1 heterocycles. The standard InChI is InChI=1S/C24H23NO4S/c1-16-8-12-18(13-9-16)23-22(24(26)29-3)20-6-4-5-7-21(20)25(23)30(27,28)19-14-10-17(2)11-15-19/h4-15,22-23H,1-3H3/t22-,23+/m0/s1. The van der Waals surface area contributed by atoms with E-state index in [1.165, 1.54) is 11.4 Å². The maximum absolute atomic E-state index is 13.8. The van der Waals surface area contributed by atoms with Crippen molar-refractivity contribution in [2.45, 2.75) is 30.7 Å². The second-order valence-electron chi connectivity index (χ2n) is 7.53. The minimum atomic E-state index is -3.93. The molecule has 5 nitrogen and oxygen atoms in total. The van der Waals surface area contributed by atoms with Crippen LogP contribution >= 0.6 is 0 Å². The lowest BCUT2D eigenvalue weighted by Crippen LogP contribution is -2.35. The number of carbonyl (C=O) groups excluding carboxylic acids is 1. The van der Waals surface area contributed by atoms with Gasteiger partial charge in [0.1, 0.15) is 5.92 Å². The smallest absolute Gasteiger partial charge is 0.315 e. The summed E-state index contributed by atoms with van der Waals surface area (Å²) in [5.74, 6) is -1.22. The van der Waals surface area contributed by atoms with Gasteiger partial charge in [-0.25, -0.2) is 8.42 Å². The zero-order chi connectivity index (χ0) is 21.5. The molecule has 4 rings (SSSR count). The molecule has 0 amide bonds. The molecule has 1 aliphatic rings. The largest absolute Gasteiger partial charge is 0.468 e. The predicted molar refractivity (Wildman–Crippen MR) is 116 cm³/mol. The second kappa shape index (κ2) is 7.61. The molecular weight excluding hydrogens is 398 g/mol. The lowest BCUT2D eigenvalue weighted by atomic mass is 9.90. The van der Waals surface area contributed by atoms with E-state index in [1.54, 1.807) is 42.5 Å². The third-order valence-electron chi connectivity index (χ3n) is 5.53. The molecule has 0 spiro atoms. The highest BCUT2D eigenvalue weighted by Gasteiger charge is 2.49. The number of hydrogen-bond donors (Lipinski definition) is 0. The Balaban J connectivity index is 1.96. The van der Waals surface area contributed by atoms with Gasteiger partial charge >= 0.3 is 5.97 Å². The Morgan fingerprint density at radius 3 is 2.03 bits per heavy atom. The van der Waals surface area contributed by atoms with Crippen molar-refractivity contribution in [3.63, 3.8) is 0 Å². The Morgan fingerprint density at radius 2 is 1.43 bits per heavy atom. The highest BCUT2D eigenvalue weighted by atomic mass is 32.2. The number of sulfonamides is 1. The van der Waals surface area contributed by atoms with Gasteiger partial charge in [-0.3, -0.25) is 9.10 Å². The van der Waals surface area contributed by atoms with Crippen molar-refractivity contribution in [3.05, 3.63) is 95.1 Å². The highest BCUT2D eigenvalue weighted by Crippen LogP contribution is 2.51. The van der Waals surface area contributed by atoms with E-state index in [0.29, 0.717) is 11.3 Å². The van der Waals surface area contributed by atoms with Gasteiger partial charge < -0.3 is 4.74 Å². The normalized spacial score (nSPS) is 18.2. The van der Waals surface area contributed by atoms with E-state index in [2.05, 4.69) is 0 Å². The maximum atomic E-state index is 13.8. The van der Waals surface area contributed by atoms with Crippen LogP contribution < -0.4 is 4.31 Å². The molecule has 0 aliphatic carbocycles. The minimum absolute atomic E-state index is 0.186. The number of benzene rings is 3. The fraction of sp³-hybridized carbons (Fsp3) is 0.208.